The fraction of sp³-hybridized carbons (Fsp3) is 0.250. The first-order valence-electron chi connectivity index (χ1n) is 5.78. The Morgan fingerprint density at radius 2 is 2.28 bits per heavy atom. The summed E-state index contributed by atoms with van der Waals surface area (Å²) in [6, 6.07) is 3.77. The van der Waals surface area contributed by atoms with Crippen LogP contribution >= 0.6 is 11.6 Å². The Hall–Kier alpha value is -1.88. The highest BCUT2D eigenvalue weighted by molar-refractivity contribution is 6.35. The average molecular weight is 261 g/mol. The number of aromatic nitrogens is 4. The zero-order valence-electron chi connectivity index (χ0n) is 9.35. The molecule has 1 aliphatic carbocycles. The van der Waals surface area contributed by atoms with Crippen LogP contribution in [-0.2, 0) is 0 Å². The van der Waals surface area contributed by atoms with E-state index >= 15 is 0 Å². The minimum Gasteiger partial charge on any atom is -0.360 e. The standard InChI is InChI=1S/C12H9ClN4O/c13-12-10-7(3-4-14-12)15-16-11(10)8-5-9(18-17-8)6-1-2-6/h3-6H,1-2H2,(H,15,16). The minimum absolute atomic E-state index is 0.423. The highest BCUT2D eigenvalue weighted by Crippen LogP contribution is 2.41. The Kier molecular flexibility index (Phi) is 1.99. The van der Waals surface area contributed by atoms with Gasteiger partial charge in [-0.05, 0) is 18.9 Å². The summed E-state index contributed by atoms with van der Waals surface area (Å²) in [6.45, 7) is 0. The molecule has 5 nitrogen and oxygen atoms in total. The van der Waals surface area contributed by atoms with Gasteiger partial charge in [-0.15, -0.1) is 0 Å². The molecule has 90 valence electrons. The number of pyridine rings is 1. The maximum absolute atomic E-state index is 6.11. The van der Waals surface area contributed by atoms with E-state index in [0.29, 0.717) is 22.5 Å². The fourth-order valence-corrected chi connectivity index (χ4v) is 2.32. The molecule has 0 amide bonds. The van der Waals surface area contributed by atoms with Crippen molar-refractivity contribution in [2.45, 2.75) is 18.8 Å². The van der Waals surface area contributed by atoms with Gasteiger partial charge in [-0.1, -0.05) is 16.8 Å². The van der Waals surface area contributed by atoms with Crippen molar-refractivity contribution in [1.29, 1.82) is 0 Å². The molecule has 18 heavy (non-hydrogen) atoms. The molecule has 3 aromatic rings. The Morgan fingerprint density at radius 3 is 3.11 bits per heavy atom. The molecule has 0 unspecified atom stereocenters. The largest absolute Gasteiger partial charge is 0.360 e. The van der Waals surface area contributed by atoms with Gasteiger partial charge in [-0.3, -0.25) is 5.10 Å². The number of hydrogen-bond acceptors (Lipinski definition) is 4. The molecular formula is C12H9ClN4O. The van der Waals surface area contributed by atoms with Crippen LogP contribution < -0.4 is 0 Å². The molecule has 0 bridgehead atoms. The third-order valence-electron chi connectivity index (χ3n) is 3.18. The van der Waals surface area contributed by atoms with E-state index in [0.717, 1.165) is 16.7 Å². The van der Waals surface area contributed by atoms with Crippen molar-refractivity contribution in [2.75, 3.05) is 0 Å². The lowest BCUT2D eigenvalue weighted by molar-refractivity contribution is 0.386. The van der Waals surface area contributed by atoms with Crippen molar-refractivity contribution in [3.05, 3.63) is 29.2 Å². The number of nitrogens with zero attached hydrogens (tertiary/aromatic N) is 3. The zero-order valence-corrected chi connectivity index (χ0v) is 10.1. The van der Waals surface area contributed by atoms with Crippen LogP contribution in [0.2, 0.25) is 5.15 Å². The Bertz CT molecular complexity index is 729. The number of halogens is 1. The monoisotopic (exact) mass is 260 g/mol. The van der Waals surface area contributed by atoms with E-state index in [4.69, 9.17) is 16.1 Å². The first kappa shape index (κ1) is 10.1. The van der Waals surface area contributed by atoms with Gasteiger partial charge in [-0.2, -0.15) is 5.10 Å². The summed E-state index contributed by atoms with van der Waals surface area (Å²) in [6.07, 6.45) is 4.00. The summed E-state index contributed by atoms with van der Waals surface area (Å²) >= 11 is 6.11. The van der Waals surface area contributed by atoms with Crippen LogP contribution in [0.5, 0.6) is 0 Å². The molecular weight excluding hydrogens is 252 g/mol. The molecule has 4 rings (SSSR count). The molecule has 1 fully saturated rings. The van der Waals surface area contributed by atoms with E-state index < -0.39 is 0 Å². The average Bonchev–Trinajstić information content (AvgIpc) is 2.95. The van der Waals surface area contributed by atoms with Crippen LogP contribution in [0.1, 0.15) is 24.5 Å². The molecule has 0 atom stereocenters. The number of rotatable bonds is 2. The quantitative estimate of drug-likeness (QED) is 0.719. The first-order chi connectivity index (χ1) is 8.83. The van der Waals surface area contributed by atoms with E-state index in [1.54, 1.807) is 6.20 Å². The van der Waals surface area contributed by atoms with E-state index in [-0.39, 0.29) is 0 Å². The summed E-state index contributed by atoms with van der Waals surface area (Å²) in [5.41, 5.74) is 2.25. The van der Waals surface area contributed by atoms with Crippen molar-refractivity contribution in [1.82, 2.24) is 20.3 Å². The lowest BCUT2D eigenvalue weighted by Gasteiger charge is -1.93. The maximum atomic E-state index is 6.11. The molecule has 3 aromatic heterocycles. The van der Waals surface area contributed by atoms with Crippen molar-refractivity contribution < 1.29 is 4.52 Å². The summed E-state index contributed by atoms with van der Waals surface area (Å²) in [7, 11) is 0. The molecule has 0 spiro atoms. The van der Waals surface area contributed by atoms with Gasteiger partial charge in [-0.25, -0.2) is 4.98 Å². The second kappa shape index (κ2) is 3.55. The van der Waals surface area contributed by atoms with Crippen LogP contribution in [0.4, 0.5) is 0 Å². The highest BCUT2D eigenvalue weighted by atomic mass is 35.5. The molecule has 0 aliphatic heterocycles. The third-order valence-corrected chi connectivity index (χ3v) is 3.47. The Labute approximate surface area is 107 Å². The number of fused-ring (bicyclic) bond motifs is 1. The lowest BCUT2D eigenvalue weighted by Crippen LogP contribution is -1.80. The van der Waals surface area contributed by atoms with Gasteiger partial charge < -0.3 is 4.52 Å². The fourth-order valence-electron chi connectivity index (χ4n) is 2.07. The first-order valence-corrected chi connectivity index (χ1v) is 6.16. The molecule has 6 heteroatoms. The van der Waals surface area contributed by atoms with Crippen LogP contribution in [0.25, 0.3) is 22.3 Å². The van der Waals surface area contributed by atoms with E-state index in [1.165, 1.54) is 12.8 Å². The van der Waals surface area contributed by atoms with Crippen molar-refractivity contribution in [2.24, 2.45) is 0 Å². The second-order valence-corrected chi connectivity index (χ2v) is 4.84. The molecule has 1 aliphatic rings. The molecule has 0 saturated heterocycles. The predicted molar refractivity (Wildman–Crippen MR) is 66.4 cm³/mol. The van der Waals surface area contributed by atoms with Crippen LogP contribution in [-0.4, -0.2) is 20.3 Å². The Balaban J connectivity index is 1.90. The van der Waals surface area contributed by atoms with Gasteiger partial charge in [0.05, 0.1) is 10.9 Å². The van der Waals surface area contributed by atoms with Crippen molar-refractivity contribution >= 4 is 22.5 Å². The lowest BCUT2D eigenvalue weighted by atomic mass is 10.2. The summed E-state index contributed by atoms with van der Waals surface area (Å²) < 4.78 is 5.33. The van der Waals surface area contributed by atoms with Gasteiger partial charge in [0, 0.05) is 18.2 Å². The molecule has 3 heterocycles. The SMILES string of the molecule is Clc1nccc2[nH]nc(-c3cc(C4CC4)on3)c12. The number of nitrogens with one attached hydrogen (secondary N) is 1. The van der Waals surface area contributed by atoms with Crippen molar-refractivity contribution in [3.8, 4) is 11.4 Å². The van der Waals surface area contributed by atoms with Gasteiger partial charge >= 0.3 is 0 Å². The van der Waals surface area contributed by atoms with Gasteiger partial charge in [0.25, 0.3) is 0 Å². The van der Waals surface area contributed by atoms with Gasteiger partial charge in [0.1, 0.15) is 22.3 Å². The number of aromatic amines is 1. The third kappa shape index (κ3) is 1.44. The minimum atomic E-state index is 0.423. The number of H-pyrrole nitrogens is 1. The molecule has 1 N–H and O–H groups in total. The van der Waals surface area contributed by atoms with Gasteiger partial charge in [0.2, 0.25) is 0 Å². The van der Waals surface area contributed by atoms with E-state index in [1.807, 2.05) is 12.1 Å². The van der Waals surface area contributed by atoms with Crippen LogP contribution in [0.3, 0.4) is 0 Å². The smallest absolute Gasteiger partial charge is 0.140 e. The predicted octanol–water partition coefficient (Wildman–Crippen LogP) is 3.14. The molecule has 0 aromatic carbocycles. The van der Waals surface area contributed by atoms with Crippen molar-refractivity contribution in [3.63, 3.8) is 0 Å². The van der Waals surface area contributed by atoms with Crippen LogP contribution in [0, 0.1) is 0 Å². The second-order valence-electron chi connectivity index (χ2n) is 4.49. The highest BCUT2D eigenvalue weighted by Gasteiger charge is 2.28. The normalized spacial score (nSPS) is 15.4. The van der Waals surface area contributed by atoms with E-state index in [9.17, 15) is 0 Å². The maximum Gasteiger partial charge on any atom is 0.140 e. The summed E-state index contributed by atoms with van der Waals surface area (Å²) in [5.74, 6) is 1.46. The number of hydrogen-bond donors (Lipinski definition) is 1. The summed E-state index contributed by atoms with van der Waals surface area (Å²) in [4.78, 5) is 4.07. The Morgan fingerprint density at radius 1 is 1.39 bits per heavy atom. The van der Waals surface area contributed by atoms with E-state index in [2.05, 4.69) is 20.3 Å². The molecule has 0 radical (unpaired) electrons. The summed E-state index contributed by atoms with van der Waals surface area (Å²) in [5, 5.41) is 12.5. The molecule has 1 saturated carbocycles. The zero-order chi connectivity index (χ0) is 12.1. The topological polar surface area (TPSA) is 67.6 Å². The van der Waals surface area contributed by atoms with Gasteiger partial charge in [0.15, 0.2) is 0 Å². The van der Waals surface area contributed by atoms with Crippen LogP contribution in [0.15, 0.2) is 22.9 Å².